The summed E-state index contributed by atoms with van der Waals surface area (Å²) >= 11 is 0. The van der Waals surface area contributed by atoms with Crippen molar-refractivity contribution in [1.82, 2.24) is 0 Å². The maximum atomic E-state index is 11.0. The summed E-state index contributed by atoms with van der Waals surface area (Å²) in [6, 6.07) is 13.3. The summed E-state index contributed by atoms with van der Waals surface area (Å²) in [6.45, 7) is 3.85. The summed E-state index contributed by atoms with van der Waals surface area (Å²) in [5, 5.41) is 11.0. The first-order valence-corrected chi connectivity index (χ1v) is 6.10. The summed E-state index contributed by atoms with van der Waals surface area (Å²) in [5.41, 5.74) is 8.93. The average molecular weight is 256 g/mol. The molecule has 0 fully saturated rings. The van der Waals surface area contributed by atoms with E-state index in [0.717, 1.165) is 16.7 Å². The first-order valence-electron chi connectivity index (χ1n) is 6.10. The van der Waals surface area contributed by atoms with Crippen molar-refractivity contribution in [3.05, 3.63) is 69.3 Å². The molecule has 0 radical (unpaired) electrons. The standard InChI is InChI=1S/C15H16N2O2/c1-10-8-13(15(16)14(9-10)17(18)19)11(2)12-6-4-3-5-7-12/h3-9,11H,16H2,1-2H3. The van der Waals surface area contributed by atoms with Crippen LogP contribution in [0.15, 0.2) is 42.5 Å². The molecule has 0 aliphatic heterocycles. The SMILES string of the molecule is Cc1cc(C(C)c2ccccc2)c(N)c([N+](=O)[O-])c1. The molecule has 4 nitrogen and oxygen atoms in total. The highest BCUT2D eigenvalue weighted by atomic mass is 16.6. The van der Waals surface area contributed by atoms with E-state index >= 15 is 0 Å². The quantitative estimate of drug-likeness (QED) is 0.518. The predicted octanol–water partition coefficient (Wildman–Crippen LogP) is 3.64. The normalized spacial score (nSPS) is 12.1. The molecule has 4 heteroatoms. The second-order valence-corrected chi connectivity index (χ2v) is 4.68. The number of rotatable bonds is 3. The van der Waals surface area contributed by atoms with Crippen LogP contribution in [0.25, 0.3) is 0 Å². The molecule has 2 aromatic rings. The Bertz CT molecular complexity index is 609. The van der Waals surface area contributed by atoms with Crippen LogP contribution in [-0.2, 0) is 0 Å². The van der Waals surface area contributed by atoms with Crippen LogP contribution in [0.5, 0.6) is 0 Å². The van der Waals surface area contributed by atoms with Gasteiger partial charge >= 0.3 is 0 Å². The molecule has 0 spiro atoms. The van der Waals surface area contributed by atoms with E-state index < -0.39 is 4.92 Å². The van der Waals surface area contributed by atoms with Gasteiger partial charge in [0.1, 0.15) is 5.69 Å². The van der Waals surface area contributed by atoms with Crippen LogP contribution in [0.4, 0.5) is 11.4 Å². The van der Waals surface area contributed by atoms with Gasteiger partial charge in [0.15, 0.2) is 0 Å². The van der Waals surface area contributed by atoms with Gasteiger partial charge in [0, 0.05) is 12.0 Å². The fraction of sp³-hybridized carbons (Fsp3) is 0.200. The van der Waals surface area contributed by atoms with Crippen LogP contribution in [0.1, 0.15) is 29.5 Å². The molecule has 2 aromatic carbocycles. The highest BCUT2D eigenvalue weighted by Crippen LogP contribution is 2.35. The maximum Gasteiger partial charge on any atom is 0.292 e. The number of hydrogen-bond donors (Lipinski definition) is 1. The summed E-state index contributed by atoms with van der Waals surface area (Å²) in [4.78, 5) is 10.6. The number of hydrogen-bond acceptors (Lipinski definition) is 3. The Kier molecular flexibility index (Phi) is 3.51. The Balaban J connectivity index is 2.54. The molecule has 0 bridgehead atoms. The predicted molar refractivity (Wildman–Crippen MR) is 76.2 cm³/mol. The summed E-state index contributed by atoms with van der Waals surface area (Å²) < 4.78 is 0. The minimum atomic E-state index is -0.427. The average Bonchev–Trinajstić information content (AvgIpc) is 2.41. The zero-order chi connectivity index (χ0) is 14.0. The smallest absolute Gasteiger partial charge is 0.292 e. The second kappa shape index (κ2) is 5.10. The number of anilines is 1. The van der Waals surface area contributed by atoms with Crippen molar-refractivity contribution in [2.24, 2.45) is 0 Å². The van der Waals surface area contributed by atoms with Gasteiger partial charge in [-0.25, -0.2) is 0 Å². The second-order valence-electron chi connectivity index (χ2n) is 4.68. The van der Waals surface area contributed by atoms with Crippen molar-refractivity contribution in [3.8, 4) is 0 Å². The van der Waals surface area contributed by atoms with Crippen LogP contribution in [-0.4, -0.2) is 4.92 Å². The van der Waals surface area contributed by atoms with Gasteiger partial charge in [-0.1, -0.05) is 43.3 Å². The molecular weight excluding hydrogens is 240 g/mol. The van der Waals surface area contributed by atoms with Gasteiger partial charge in [-0.2, -0.15) is 0 Å². The number of benzene rings is 2. The van der Waals surface area contributed by atoms with E-state index in [1.54, 1.807) is 0 Å². The monoisotopic (exact) mass is 256 g/mol. The van der Waals surface area contributed by atoms with Gasteiger partial charge in [-0.3, -0.25) is 10.1 Å². The van der Waals surface area contributed by atoms with Gasteiger partial charge in [-0.15, -0.1) is 0 Å². The van der Waals surface area contributed by atoms with Crippen molar-refractivity contribution >= 4 is 11.4 Å². The Hall–Kier alpha value is -2.36. The first kappa shape index (κ1) is 13.1. The summed E-state index contributed by atoms with van der Waals surface area (Å²) in [6.07, 6.45) is 0. The molecule has 0 aliphatic carbocycles. The molecule has 0 heterocycles. The molecule has 0 amide bonds. The maximum absolute atomic E-state index is 11.0. The van der Waals surface area contributed by atoms with Crippen LogP contribution in [0, 0.1) is 17.0 Å². The van der Waals surface area contributed by atoms with E-state index in [2.05, 4.69) is 0 Å². The third-order valence-electron chi connectivity index (χ3n) is 3.30. The molecule has 2 N–H and O–H groups in total. The first-order chi connectivity index (χ1) is 9.00. The number of nitro groups is 1. The van der Waals surface area contributed by atoms with Gasteiger partial charge in [0.2, 0.25) is 0 Å². The molecule has 0 aromatic heterocycles. The highest BCUT2D eigenvalue weighted by molar-refractivity contribution is 5.66. The van der Waals surface area contributed by atoms with E-state index in [-0.39, 0.29) is 17.3 Å². The lowest BCUT2D eigenvalue weighted by molar-refractivity contribution is -0.384. The van der Waals surface area contributed by atoms with Gasteiger partial charge in [-0.05, 0) is 23.6 Å². The van der Waals surface area contributed by atoms with E-state index in [9.17, 15) is 10.1 Å². The van der Waals surface area contributed by atoms with Crippen molar-refractivity contribution in [2.75, 3.05) is 5.73 Å². The van der Waals surface area contributed by atoms with E-state index in [1.165, 1.54) is 6.07 Å². The van der Waals surface area contributed by atoms with Crippen molar-refractivity contribution in [3.63, 3.8) is 0 Å². The Morgan fingerprint density at radius 1 is 1.21 bits per heavy atom. The lowest BCUT2D eigenvalue weighted by Crippen LogP contribution is -2.05. The molecule has 1 atom stereocenters. The van der Waals surface area contributed by atoms with Crippen LogP contribution < -0.4 is 5.73 Å². The molecule has 0 saturated heterocycles. The topological polar surface area (TPSA) is 69.2 Å². The minimum absolute atomic E-state index is 0.0159. The number of nitrogens with two attached hydrogens (primary N) is 1. The Labute approximate surface area is 112 Å². The molecule has 2 rings (SSSR count). The molecule has 0 saturated carbocycles. The molecule has 19 heavy (non-hydrogen) atoms. The molecule has 98 valence electrons. The molecular formula is C15H16N2O2. The van der Waals surface area contributed by atoms with Crippen LogP contribution in [0.2, 0.25) is 0 Å². The number of nitro benzene ring substituents is 1. The number of nitrogen functional groups attached to an aromatic ring is 1. The van der Waals surface area contributed by atoms with E-state index in [0.29, 0.717) is 0 Å². The fourth-order valence-electron chi connectivity index (χ4n) is 2.24. The minimum Gasteiger partial charge on any atom is -0.393 e. The van der Waals surface area contributed by atoms with E-state index in [1.807, 2.05) is 50.2 Å². The third-order valence-corrected chi connectivity index (χ3v) is 3.30. The summed E-state index contributed by atoms with van der Waals surface area (Å²) in [7, 11) is 0. The lowest BCUT2D eigenvalue weighted by Gasteiger charge is -2.15. The van der Waals surface area contributed by atoms with Gasteiger partial charge in [0.25, 0.3) is 5.69 Å². The van der Waals surface area contributed by atoms with Gasteiger partial charge in [0.05, 0.1) is 4.92 Å². The highest BCUT2D eigenvalue weighted by Gasteiger charge is 2.20. The van der Waals surface area contributed by atoms with E-state index in [4.69, 9.17) is 5.73 Å². The zero-order valence-corrected chi connectivity index (χ0v) is 11.0. The Morgan fingerprint density at radius 2 is 1.84 bits per heavy atom. The van der Waals surface area contributed by atoms with Gasteiger partial charge < -0.3 is 5.73 Å². The number of aryl methyl sites for hydroxylation is 1. The summed E-state index contributed by atoms with van der Waals surface area (Å²) in [5.74, 6) is 0.0276. The Morgan fingerprint density at radius 3 is 2.42 bits per heavy atom. The largest absolute Gasteiger partial charge is 0.393 e. The fourth-order valence-corrected chi connectivity index (χ4v) is 2.24. The zero-order valence-electron chi connectivity index (χ0n) is 11.0. The van der Waals surface area contributed by atoms with Crippen molar-refractivity contribution in [2.45, 2.75) is 19.8 Å². The van der Waals surface area contributed by atoms with Crippen LogP contribution in [0.3, 0.4) is 0 Å². The lowest BCUT2D eigenvalue weighted by atomic mass is 9.90. The van der Waals surface area contributed by atoms with Crippen molar-refractivity contribution < 1.29 is 4.92 Å². The van der Waals surface area contributed by atoms with Crippen molar-refractivity contribution in [1.29, 1.82) is 0 Å². The third kappa shape index (κ3) is 2.57. The number of nitrogens with zero attached hydrogens (tertiary/aromatic N) is 1. The molecule has 0 aliphatic rings. The van der Waals surface area contributed by atoms with Crippen LogP contribution >= 0.6 is 0 Å². The molecule has 1 unspecified atom stereocenters.